The number of aromatic amines is 1. The number of aromatic nitrogens is 5. The molecule has 3 aliphatic heterocycles. The Bertz CT molecular complexity index is 1070. The molecule has 1 aliphatic carbocycles. The van der Waals surface area contributed by atoms with Crippen LogP contribution in [0.4, 0.5) is 5.82 Å². The van der Waals surface area contributed by atoms with Gasteiger partial charge in [0.2, 0.25) is 0 Å². The summed E-state index contributed by atoms with van der Waals surface area (Å²) in [6.45, 7) is 2.01. The number of hydrogen-bond donors (Lipinski definition) is 1. The summed E-state index contributed by atoms with van der Waals surface area (Å²) < 4.78 is 1.80. The Morgan fingerprint density at radius 3 is 2.68 bits per heavy atom. The Hall–Kier alpha value is -2.92. The van der Waals surface area contributed by atoms with Crippen molar-refractivity contribution in [3.63, 3.8) is 0 Å². The number of piperazine rings is 1. The predicted octanol–water partition coefficient (Wildman–Crippen LogP) is 1.92. The van der Waals surface area contributed by atoms with Gasteiger partial charge in [-0.1, -0.05) is 0 Å². The Morgan fingerprint density at radius 2 is 1.96 bits per heavy atom. The summed E-state index contributed by atoms with van der Waals surface area (Å²) >= 11 is 0. The van der Waals surface area contributed by atoms with Gasteiger partial charge >= 0.3 is 0 Å². The molecule has 1 saturated carbocycles. The topological polar surface area (TPSA) is 89.7 Å². The molecule has 142 valence electrons. The molecule has 3 aromatic heterocycles. The molecule has 8 heteroatoms. The molecule has 0 radical (unpaired) electrons. The maximum atomic E-state index is 9.06. The van der Waals surface area contributed by atoms with Crippen molar-refractivity contribution in [3.05, 3.63) is 24.8 Å². The molecular formula is C20H22N8. The van der Waals surface area contributed by atoms with E-state index in [2.05, 4.69) is 42.0 Å². The van der Waals surface area contributed by atoms with Gasteiger partial charge in [0.15, 0.2) is 0 Å². The highest BCUT2D eigenvalue weighted by molar-refractivity contribution is 5.91. The number of rotatable bonds is 3. The van der Waals surface area contributed by atoms with Crippen LogP contribution >= 0.6 is 0 Å². The molecule has 4 fully saturated rings. The van der Waals surface area contributed by atoms with E-state index in [0.717, 1.165) is 54.0 Å². The number of nitrogens with one attached hydrogen (secondary N) is 1. The van der Waals surface area contributed by atoms with Crippen molar-refractivity contribution in [2.45, 2.75) is 37.4 Å². The SMILES string of the molecule is Cn1cc(-c2cc3c(N4CC5CC(C4)N5C4CC(C#N)C4)ncnc3[nH]2)cn1. The quantitative estimate of drug-likeness (QED) is 0.753. The Kier molecular flexibility index (Phi) is 3.32. The molecule has 6 heterocycles. The first-order valence-electron chi connectivity index (χ1n) is 9.94. The second-order valence-electron chi connectivity index (χ2n) is 8.39. The third-order valence-electron chi connectivity index (χ3n) is 6.69. The maximum Gasteiger partial charge on any atom is 0.143 e. The molecule has 0 spiro atoms. The predicted molar refractivity (Wildman–Crippen MR) is 104 cm³/mol. The van der Waals surface area contributed by atoms with E-state index in [9.17, 15) is 0 Å². The minimum atomic E-state index is 0.273. The van der Waals surface area contributed by atoms with Crippen LogP contribution in [0.3, 0.4) is 0 Å². The molecule has 0 amide bonds. The molecule has 2 unspecified atom stereocenters. The van der Waals surface area contributed by atoms with E-state index in [1.807, 2.05) is 19.4 Å². The van der Waals surface area contributed by atoms with Crippen molar-refractivity contribution in [1.29, 1.82) is 5.26 Å². The fourth-order valence-corrected chi connectivity index (χ4v) is 5.24. The third kappa shape index (κ3) is 2.29. The van der Waals surface area contributed by atoms with E-state index < -0.39 is 0 Å². The zero-order valence-electron chi connectivity index (χ0n) is 15.8. The van der Waals surface area contributed by atoms with Gasteiger partial charge in [0.05, 0.1) is 23.3 Å². The lowest BCUT2D eigenvalue weighted by Gasteiger charge is -2.61. The highest BCUT2D eigenvalue weighted by Crippen LogP contribution is 2.43. The largest absolute Gasteiger partial charge is 0.353 e. The standard InChI is InChI=1S/C20H22N8/c1-26-8-13(7-24-26)18-5-17-19(25-18)22-11-23-20(17)27-9-15-4-16(10-27)28(15)14-2-12(3-14)6-21/h5,7-8,11-12,14-16H,2-4,9-10H2,1H3,(H,22,23,25). The number of anilines is 1. The summed E-state index contributed by atoms with van der Waals surface area (Å²) in [4.78, 5) is 17.6. The molecule has 0 aromatic carbocycles. The van der Waals surface area contributed by atoms with E-state index >= 15 is 0 Å². The van der Waals surface area contributed by atoms with E-state index in [-0.39, 0.29) is 5.92 Å². The lowest BCUT2D eigenvalue weighted by atomic mass is 9.74. The van der Waals surface area contributed by atoms with E-state index in [4.69, 9.17) is 5.26 Å². The summed E-state index contributed by atoms with van der Waals surface area (Å²) in [5.41, 5.74) is 2.94. The van der Waals surface area contributed by atoms with Crippen molar-refractivity contribution in [2.24, 2.45) is 13.0 Å². The Balaban J connectivity index is 1.26. The molecule has 3 saturated heterocycles. The molecule has 28 heavy (non-hydrogen) atoms. The molecule has 2 bridgehead atoms. The van der Waals surface area contributed by atoms with E-state index in [0.29, 0.717) is 18.1 Å². The van der Waals surface area contributed by atoms with Gasteiger partial charge in [-0.05, 0) is 25.3 Å². The highest BCUT2D eigenvalue weighted by Gasteiger charge is 2.51. The fourth-order valence-electron chi connectivity index (χ4n) is 5.24. The average molecular weight is 374 g/mol. The molecule has 4 aliphatic rings. The Labute approximate surface area is 162 Å². The van der Waals surface area contributed by atoms with Crippen LogP contribution in [0.2, 0.25) is 0 Å². The van der Waals surface area contributed by atoms with Crippen LogP contribution in [-0.4, -0.2) is 60.8 Å². The average Bonchev–Trinajstić information content (AvgIpc) is 3.29. The number of nitriles is 1. The van der Waals surface area contributed by atoms with Gasteiger partial charge in [-0.25, -0.2) is 9.97 Å². The zero-order chi connectivity index (χ0) is 18.8. The second-order valence-corrected chi connectivity index (χ2v) is 8.39. The molecule has 7 rings (SSSR count). The molecule has 3 aromatic rings. The normalized spacial score (nSPS) is 29.4. The van der Waals surface area contributed by atoms with Crippen LogP contribution < -0.4 is 4.90 Å². The van der Waals surface area contributed by atoms with Crippen LogP contribution in [0.5, 0.6) is 0 Å². The number of piperidine rings is 1. The molecule has 8 nitrogen and oxygen atoms in total. The van der Waals surface area contributed by atoms with Gasteiger partial charge in [-0.3, -0.25) is 9.58 Å². The zero-order valence-corrected chi connectivity index (χ0v) is 15.8. The highest BCUT2D eigenvalue weighted by atomic mass is 15.4. The molecule has 1 N–H and O–H groups in total. The van der Waals surface area contributed by atoms with Crippen molar-refractivity contribution in [2.75, 3.05) is 18.0 Å². The van der Waals surface area contributed by atoms with Crippen LogP contribution in [0, 0.1) is 17.2 Å². The van der Waals surface area contributed by atoms with Gasteiger partial charge in [-0.2, -0.15) is 10.4 Å². The second kappa shape index (κ2) is 5.79. The first-order valence-corrected chi connectivity index (χ1v) is 9.94. The summed E-state index contributed by atoms with van der Waals surface area (Å²) in [6.07, 6.45) is 8.88. The van der Waals surface area contributed by atoms with Crippen molar-refractivity contribution < 1.29 is 0 Å². The van der Waals surface area contributed by atoms with Gasteiger partial charge in [0.25, 0.3) is 0 Å². The van der Waals surface area contributed by atoms with Crippen LogP contribution in [-0.2, 0) is 7.05 Å². The summed E-state index contributed by atoms with van der Waals surface area (Å²) in [6, 6.07) is 6.34. The summed E-state index contributed by atoms with van der Waals surface area (Å²) in [5, 5.41) is 14.4. The van der Waals surface area contributed by atoms with Crippen molar-refractivity contribution in [3.8, 4) is 17.3 Å². The van der Waals surface area contributed by atoms with Crippen molar-refractivity contribution >= 4 is 16.9 Å². The maximum absolute atomic E-state index is 9.06. The van der Waals surface area contributed by atoms with E-state index in [1.54, 1.807) is 11.0 Å². The van der Waals surface area contributed by atoms with E-state index in [1.165, 1.54) is 6.42 Å². The number of H-pyrrole nitrogens is 1. The van der Waals surface area contributed by atoms with Crippen LogP contribution in [0.1, 0.15) is 19.3 Å². The minimum Gasteiger partial charge on any atom is -0.353 e. The third-order valence-corrected chi connectivity index (χ3v) is 6.69. The molecule has 2 atom stereocenters. The summed E-state index contributed by atoms with van der Waals surface area (Å²) in [5.74, 6) is 1.30. The van der Waals surface area contributed by atoms with Crippen LogP contribution in [0.25, 0.3) is 22.3 Å². The van der Waals surface area contributed by atoms with Crippen molar-refractivity contribution in [1.82, 2.24) is 29.6 Å². The first kappa shape index (κ1) is 16.1. The Morgan fingerprint density at radius 1 is 1.14 bits per heavy atom. The van der Waals surface area contributed by atoms with Gasteiger partial charge in [0, 0.05) is 55.9 Å². The van der Waals surface area contributed by atoms with Gasteiger partial charge in [-0.15, -0.1) is 0 Å². The van der Waals surface area contributed by atoms with Crippen LogP contribution in [0.15, 0.2) is 24.8 Å². The molecular weight excluding hydrogens is 352 g/mol. The lowest BCUT2D eigenvalue weighted by Crippen LogP contribution is -2.72. The monoisotopic (exact) mass is 374 g/mol. The first-order chi connectivity index (χ1) is 13.7. The van der Waals surface area contributed by atoms with Gasteiger partial charge < -0.3 is 9.88 Å². The number of aryl methyl sites for hydroxylation is 1. The minimum absolute atomic E-state index is 0.273. The fraction of sp³-hybridized carbons (Fsp3) is 0.500. The summed E-state index contributed by atoms with van der Waals surface area (Å²) in [7, 11) is 1.92. The number of fused-ring (bicyclic) bond motifs is 3. The smallest absolute Gasteiger partial charge is 0.143 e. The number of nitrogens with zero attached hydrogens (tertiary/aromatic N) is 7. The lowest BCUT2D eigenvalue weighted by molar-refractivity contribution is -0.0725. The van der Waals surface area contributed by atoms with Gasteiger partial charge in [0.1, 0.15) is 17.8 Å². The number of hydrogen-bond acceptors (Lipinski definition) is 6.